The Labute approximate surface area is 135 Å². The third kappa shape index (κ3) is 3.99. The molecule has 0 aliphatic carbocycles. The Kier molecular flexibility index (Phi) is 5.42. The van der Waals surface area contributed by atoms with Gasteiger partial charge in [0.15, 0.2) is 0 Å². The minimum Gasteiger partial charge on any atom is -0.481 e. The second-order valence-electron chi connectivity index (χ2n) is 5.78. The fourth-order valence-corrected chi connectivity index (χ4v) is 2.80. The molecule has 1 aliphatic rings. The summed E-state index contributed by atoms with van der Waals surface area (Å²) in [5, 5.41) is 12.7. The largest absolute Gasteiger partial charge is 0.481 e. The number of likely N-dealkylation sites (tertiary alicyclic amines) is 1. The number of carbonyl (C=O) groups excluding carboxylic acids is 1. The molecule has 0 aromatic heterocycles. The molecule has 1 aromatic carbocycles. The van der Waals surface area contributed by atoms with Crippen molar-refractivity contribution in [3.63, 3.8) is 0 Å². The molecule has 1 aromatic rings. The van der Waals surface area contributed by atoms with Crippen molar-refractivity contribution in [3.8, 4) is 0 Å². The summed E-state index contributed by atoms with van der Waals surface area (Å²) in [6.45, 7) is 4.80. The summed E-state index contributed by atoms with van der Waals surface area (Å²) in [6, 6.07) is 6.90. The molecule has 0 bridgehead atoms. The molecule has 2 rings (SSSR count). The summed E-state index contributed by atoms with van der Waals surface area (Å²) in [7, 11) is 0. The number of amides is 1. The highest BCUT2D eigenvalue weighted by Gasteiger charge is 2.33. The molecule has 1 aliphatic heterocycles. The van der Waals surface area contributed by atoms with Crippen LogP contribution in [0.2, 0.25) is 5.02 Å². The number of carboxylic acid groups (broad SMARTS) is 1. The van der Waals surface area contributed by atoms with E-state index in [9.17, 15) is 9.59 Å². The number of carboxylic acids is 1. The van der Waals surface area contributed by atoms with Crippen molar-refractivity contribution in [3.05, 3.63) is 34.9 Å². The lowest BCUT2D eigenvalue weighted by Gasteiger charge is -2.25. The van der Waals surface area contributed by atoms with E-state index in [1.807, 2.05) is 30.9 Å². The SMILES string of the molecule is CC(NC(=O)C(C)N1CCC(C(=O)O)C1)c1ccc(Cl)cc1. The lowest BCUT2D eigenvalue weighted by atomic mass is 10.1. The third-order valence-corrected chi connectivity index (χ3v) is 4.48. The topological polar surface area (TPSA) is 69.6 Å². The van der Waals surface area contributed by atoms with Gasteiger partial charge in [-0.25, -0.2) is 0 Å². The van der Waals surface area contributed by atoms with Gasteiger partial charge in [-0.2, -0.15) is 0 Å². The van der Waals surface area contributed by atoms with Gasteiger partial charge in [-0.3, -0.25) is 14.5 Å². The summed E-state index contributed by atoms with van der Waals surface area (Å²) < 4.78 is 0. The molecule has 1 fully saturated rings. The predicted octanol–water partition coefficient (Wildman–Crippen LogP) is 2.31. The van der Waals surface area contributed by atoms with Crippen LogP contribution in [0, 0.1) is 5.92 Å². The molecule has 0 radical (unpaired) electrons. The van der Waals surface area contributed by atoms with Crippen LogP contribution >= 0.6 is 11.6 Å². The molecule has 0 spiro atoms. The summed E-state index contributed by atoms with van der Waals surface area (Å²) in [5.41, 5.74) is 0.981. The van der Waals surface area contributed by atoms with E-state index in [-0.39, 0.29) is 23.9 Å². The van der Waals surface area contributed by atoms with E-state index in [4.69, 9.17) is 16.7 Å². The first-order chi connectivity index (χ1) is 10.4. The van der Waals surface area contributed by atoms with E-state index >= 15 is 0 Å². The Hall–Kier alpha value is -1.59. The Morgan fingerprint density at radius 2 is 1.95 bits per heavy atom. The van der Waals surface area contributed by atoms with Crippen LogP contribution in [0.5, 0.6) is 0 Å². The van der Waals surface area contributed by atoms with Crippen LogP contribution in [0.15, 0.2) is 24.3 Å². The zero-order valence-corrected chi connectivity index (χ0v) is 13.5. The maximum absolute atomic E-state index is 12.3. The van der Waals surface area contributed by atoms with Crippen LogP contribution in [0.3, 0.4) is 0 Å². The molecule has 1 heterocycles. The van der Waals surface area contributed by atoms with Crippen LogP contribution in [0.4, 0.5) is 0 Å². The molecule has 3 unspecified atom stereocenters. The Balaban J connectivity index is 1.91. The molecule has 1 amide bonds. The highest BCUT2D eigenvalue weighted by Crippen LogP contribution is 2.20. The van der Waals surface area contributed by atoms with Gasteiger partial charge in [0.2, 0.25) is 5.91 Å². The van der Waals surface area contributed by atoms with Crippen LogP contribution in [-0.2, 0) is 9.59 Å². The van der Waals surface area contributed by atoms with Crippen molar-refractivity contribution in [1.82, 2.24) is 10.2 Å². The molecule has 1 saturated heterocycles. The van der Waals surface area contributed by atoms with Gasteiger partial charge in [0, 0.05) is 11.6 Å². The number of rotatable bonds is 5. The monoisotopic (exact) mass is 324 g/mol. The van der Waals surface area contributed by atoms with E-state index in [1.54, 1.807) is 12.1 Å². The lowest BCUT2D eigenvalue weighted by molar-refractivity contribution is -0.141. The standard InChI is InChI=1S/C16H21ClN2O3/c1-10(12-3-5-14(17)6-4-12)18-15(20)11(2)19-8-7-13(9-19)16(21)22/h3-6,10-11,13H,7-9H2,1-2H3,(H,18,20)(H,21,22). The van der Waals surface area contributed by atoms with Crippen LogP contribution < -0.4 is 5.32 Å². The predicted molar refractivity (Wildman–Crippen MR) is 84.8 cm³/mol. The smallest absolute Gasteiger partial charge is 0.307 e. The van der Waals surface area contributed by atoms with Crippen LogP contribution in [-0.4, -0.2) is 41.0 Å². The van der Waals surface area contributed by atoms with E-state index < -0.39 is 5.97 Å². The van der Waals surface area contributed by atoms with Gasteiger partial charge in [-0.05, 0) is 44.5 Å². The first kappa shape index (κ1) is 16.8. The highest BCUT2D eigenvalue weighted by molar-refractivity contribution is 6.30. The first-order valence-electron chi connectivity index (χ1n) is 7.41. The van der Waals surface area contributed by atoms with Gasteiger partial charge in [-0.15, -0.1) is 0 Å². The number of benzene rings is 1. The number of halogens is 1. The van der Waals surface area contributed by atoms with Gasteiger partial charge in [0.05, 0.1) is 18.0 Å². The van der Waals surface area contributed by atoms with Crippen LogP contribution in [0.25, 0.3) is 0 Å². The molecular formula is C16H21ClN2O3. The van der Waals surface area contributed by atoms with E-state index in [1.165, 1.54) is 0 Å². The van der Waals surface area contributed by atoms with Crippen molar-refractivity contribution in [1.29, 1.82) is 0 Å². The van der Waals surface area contributed by atoms with Gasteiger partial charge in [0.25, 0.3) is 0 Å². The van der Waals surface area contributed by atoms with Crippen LogP contribution in [0.1, 0.15) is 31.9 Å². The van der Waals surface area contributed by atoms with Gasteiger partial charge in [0.1, 0.15) is 0 Å². The first-order valence-corrected chi connectivity index (χ1v) is 7.79. The summed E-state index contributed by atoms with van der Waals surface area (Å²) in [5.74, 6) is -1.25. The molecule has 0 saturated carbocycles. The van der Waals surface area contributed by atoms with E-state index in [0.29, 0.717) is 24.5 Å². The maximum atomic E-state index is 12.3. The zero-order chi connectivity index (χ0) is 16.3. The molecule has 6 heteroatoms. The number of hydrogen-bond donors (Lipinski definition) is 2. The number of carbonyl (C=O) groups is 2. The number of hydrogen-bond acceptors (Lipinski definition) is 3. The number of nitrogens with zero attached hydrogens (tertiary/aromatic N) is 1. The molecule has 22 heavy (non-hydrogen) atoms. The van der Waals surface area contributed by atoms with E-state index in [0.717, 1.165) is 5.56 Å². The number of aliphatic carboxylic acids is 1. The van der Waals surface area contributed by atoms with Crippen molar-refractivity contribution >= 4 is 23.5 Å². The Morgan fingerprint density at radius 3 is 2.50 bits per heavy atom. The Morgan fingerprint density at radius 1 is 1.32 bits per heavy atom. The summed E-state index contributed by atoms with van der Waals surface area (Å²) >= 11 is 5.86. The van der Waals surface area contributed by atoms with Crippen molar-refractivity contribution in [2.24, 2.45) is 5.92 Å². The number of nitrogens with one attached hydrogen (secondary N) is 1. The fourth-order valence-electron chi connectivity index (χ4n) is 2.68. The van der Waals surface area contributed by atoms with Gasteiger partial charge < -0.3 is 10.4 Å². The van der Waals surface area contributed by atoms with E-state index in [2.05, 4.69) is 5.32 Å². The summed E-state index contributed by atoms with van der Waals surface area (Å²) in [6.07, 6.45) is 0.597. The maximum Gasteiger partial charge on any atom is 0.307 e. The minimum absolute atomic E-state index is 0.0894. The second kappa shape index (κ2) is 7.11. The molecule has 2 N–H and O–H groups in total. The Bertz CT molecular complexity index is 547. The second-order valence-corrected chi connectivity index (χ2v) is 6.21. The molecule has 3 atom stereocenters. The zero-order valence-electron chi connectivity index (χ0n) is 12.8. The third-order valence-electron chi connectivity index (χ3n) is 4.22. The average Bonchev–Trinajstić information content (AvgIpc) is 2.97. The van der Waals surface area contributed by atoms with Gasteiger partial charge in [-0.1, -0.05) is 23.7 Å². The molecule has 5 nitrogen and oxygen atoms in total. The normalized spacial score (nSPS) is 21.3. The van der Waals surface area contributed by atoms with Crippen molar-refractivity contribution in [2.75, 3.05) is 13.1 Å². The van der Waals surface area contributed by atoms with Gasteiger partial charge >= 0.3 is 5.97 Å². The highest BCUT2D eigenvalue weighted by atomic mass is 35.5. The fraction of sp³-hybridized carbons (Fsp3) is 0.500. The average molecular weight is 325 g/mol. The summed E-state index contributed by atoms with van der Waals surface area (Å²) in [4.78, 5) is 25.2. The lowest BCUT2D eigenvalue weighted by Crippen LogP contribution is -2.45. The van der Waals surface area contributed by atoms with Crippen molar-refractivity contribution < 1.29 is 14.7 Å². The molecule has 120 valence electrons. The molecular weight excluding hydrogens is 304 g/mol. The van der Waals surface area contributed by atoms with Crippen molar-refractivity contribution in [2.45, 2.75) is 32.4 Å². The quantitative estimate of drug-likeness (QED) is 0.872. The minimum atomic E-state index is -0.787.